The SMILES string of the molecule is CC(CCC(C)(C)c1cccc(C(F)(F)F)c1F)C[C@@H](C)C(C)(C)C. The van der Waals surface area contributed by atoms with Crippen LogP contribution in [0.2, 0.25) is 0 Å². The molecule has 25 heavy (non-hydrogen) atoms. The minimum atomic E-state index is -4.66. The molecular weight excluding hydrogens is 328 g/mol. The minimum Gasteiger partial charge on any atom is -0.206 e. The Balaban J connectivity index is 2.86. The zero-order chi connectivity index (χ0) is 19.6. The first-order chi connectivity index (χ1) is 11.2. The quantitative estimate of drug-likeness (QED) is 0.458. The Hall–Kier alpha value is -1.06. The van der Waals surface area contributed by atoms with Crippen LogP contribution >= 0.6 is 0 Å². The summed E-state index contributed by atoms with van der Waals surface area (Å²) in [5.74, 6) is -0.131. The first-order valence-corrected chi connectivity index (χ1v) is 9.02. The van der Waals surface area contributed by atoms with Crippen molar-refractivity contribution in [3.8, 4) is 0 Å². The van der Waals surface area contributed by atoms with Crippen molar-refractivity contribution in [3.05, 3.63) is 35.1 Å². The maximum Gasteiger partial charge on any atom is 0.419 e. The molecule has 0 bridgehead atoms. The highest BCUT2D eigenvalue weighted by Gasteiger charge is 2.37. The number of halogens is 4. The van der Waals surface area contributed by atoms with Crippen LogP contribution in [0.15, 0.2) is 18.2 Å². The molecular formula is C21H32F4. The van der Waals surface area contributed by atoms with Gasteiger partial charge in [0, 0.05) is 0 Å². The summed E-state index contributed by atoms with van der Waals surface area (Å²) in [5, 5.41) is 0. The van der Waals surface area contributed by atoms with E-state index in [0.717, 1.165) is 18.9 Å². The first-order valence-electron chi connectivity index (χ1n) is 9.02. The normalized spacial score (nSPS) is 16.0. The number of benzene rings is 1. The van der Waals surface area contributed by atoms with E-state index in [-0.39, 0.29) is 11.0 Å². The van der Waals surface area contributed by atoms with Gasteiger partial charge in [-0.3, -0.25) is 0 Å². The summed E-state index contributed by atoms with van der Waals surface area (Å²) < 4.78 is 53.3. The van der Waals surface area contributed by atoms with E-state index in [1.807, 2.05) is 13.8 Å². The van der Waals surface area contributed by atoms with Crippen molar-refractivity contribution in [2.45, 2.75) is 79.3 Å². The summed E-state index contributed by atoms with van der Waals surface area (Å²) in [7, 11) is 0. The second kappa shape index (κ2) is 7.67. The molecule has 144 valence electrons. The summed E-state index contributed by atoms with van der Waals surface area (Å²) in [5.41, 5.74) is -1.42. The summed E-state index contributed by atoms with van der Waals surface area (Å²) >= 11 is 0. The van der Waals surface area contributed by atoms with Crippen molar-refractivity contribution in [2.75, 3.05) is 0 Å². The van der Waals surface area contributed by atoms with E-state index in [2.05, 4.69) is 34.6 Å². The molecule has 0 nitrogen and oxygen atoms in total. The maximum atomic E-state index is 14.4. The molecule has 0 aliphatic rings. The van der Waals surface area contributed by atoms with Crippen LogP contribution in [0.25, 0.3) is 0 Å². The predicted octanol–water partition coefficient (Wildman–Crippen LogP) is 7.61. The molecule has 0 saturated heterocycles. The molecule has 0 aliphatic heterocycles. The Morgan fingerprint density at radius 2 is 1.44 bits per heavy atom. The van der Waals surface area contributed by atoms with Crippen molar-refractivity contribution in [1.29, 1.82) is 0 Å². The highest BCUT2D eigenvalue weighted by atomic mass is 19.4. The Kier molecular flexibility index (Phi) is 6.75. The number of rotatable bonds is 6. The van der Waals surface area contributed by atoms with Crippen molar-refractivity contribution in [2.24, 2.45) is 17.3 Å². The zero-order valence-electron chi connectivity index (χ0n) is 16.5. The molecule has 2 atom stereocenters. The predicted molar refractivity (Wildman–Crippen MR) is 96.1 cm³/mol. The molecule has 1 aromatic carbocycles. The van der Waals surface area contributed by atoms with Gasteiger partial charge in [0.1, 0.15) is 5.82 Å². The van der Waals surface area contributed by atoms with Crippen molar-refractivity contribution < 1.29 is 17.6 Å². The van der Waals surface area contributed by atoms with Gasteiger partial charge >= 0.3 is 6.18 Å². The minimum absolute atomic E-state index is 0.151. The Morgan fingerprint density at radius 1 is 0.920 bits per heavy atom. The molecule has 0 aliphatic carbocycles. The van der Waals surface area contributed by atoms with Crippen LogP contribution in [0.3, 0.4) is 0 Å². The standard InChI is InChI=1S/C21H32F4/c1-14(13-15(2)19(3,4)5)11-12-20(6,7)16-9-8-10-17(18(16)22)21(23,24)25/h8-10,14-15H,11-13H2,1-7H3/t14?,15-/m1/s1. The fraction of sp³-hybridized carbons (Fsp3) is 0.714. The van der Waals surface area contributed by atoms with E-state index in [4.69, 9.17) is 0 Å². The third kappa shape index (κ3) is 6.00. The second-order valence-electron chi connectivity index (χ2n) is 9.20. The van der Waals surface area contributed by atoms with Gasteiger partial charge in [0.15, 0.2) is 0 Å². The smallest absolute Gasteiger partial charge is 0.206 e. The second-order valence-corrected chi connectivity index (χ2v) is 9.20. The van der Waals surface area contributed by atoms with E-state index >= 15 is 0 Å². The van der Waals surface area contributed by atoms with Crippen LogP contribution in [0, 0.1) is 23.1 Å². The van der Waals surface area contributed by atoms with E-state index in [0.29, 0.717) is 18.3 Å². The van der Waals surface area contributed by atoms with Crippen LogP contribution in [0.4, 0.5) is 17.6 Å². The molecule has 1 rings (SSSR count). The topological polar surface area (TPSA) is 0 Å². The first kappa shape index (κ1) is 22.0. The summed E-state index contributed by atoms with van der Waals surface area (Å²) in [6.07, 6.45) is -2.08. The lowest BCUT2D eigenvalue weighted by molar-refractivity contribution is -0.140. The molecule has 1 aromatic rings. The number of alkyl halides is 3. The fourth-order valence-electron chi connectivity index (χ4n) is 3.09. The molecule has 0 amide bonds. The van der Waals surface area contributed by atoms with Crippen molar-refractivity contribution >= 4 is 0 Å². The highest BCUT2D eigenvalue weighted by molar-refractivity contribution is 5.33. The van der Waals surface area contributed by atoms with Gasteiger partial charge in [-0.25, -0.2) is 4.39 Å². The van der Waals surface area contributed by atoms with Gasteiger partial charge in [-0.15, -0.1) is 0 Å². The third-order valence-corrected chi connectivity index (χ3v) is 5.53. The Bertz CT molecular complexity index is 564. The molecule has 4 heteroatoms. The van der Waals surface area contributed by atoms with Crippen LogP contribution in [0.1, 0.15) is 78.9 Å². The van der Waals surface area contributed by atoms with Crippen LogP contribution in [0.5, 0.6) is 0 Å². The fourth-order valence-corrected chi connectivity index (χ4v) is 3.09. The molecule has 0 saturated carbocycles. The molecule has 0 N–H and O–H groups in total. The Morgan fingerprint density at radius 3 is 1.92 bits per heavy atom. The van der Waals surface area contributed by atoms with Gasteiger partial charge < -0.3 is 0 Å². The van der Waals surface area contributed by atoms with E-state index in [1.54, 1.807) is 0 Å². The van der Waals surface area contributed by atoms with Crippen molar-refractivity contribution in [3.63, 3.8) is 0 Å². The largest absolute Gasteiger partial charge is 0.419 e. The lowest BCUT2D eigenvalue weighted by Gasteiger charge is -2.32. The number of hydrogen-bond acceptors (Lipinski definition) is 0. The lowest BCUT2D eigenvalue weighted by Crippen LogP contribution is -2.24. The van der Waals surface area contributed by atoms with Crippen LogP contribution in [-0.2, 0) is 11.6 Å². The van der Waals surface area contributed by atoms with Crippen LogP contribution in [-0.4, -0.2) is 0 Å². The van der Waals surface area contributed by atoms with Gasteiger partial charge in [0.05, 0.1) is 5.56 Å². The van der Waals surface area contributed by atoms with Gasteiger partial charge in [0.25, 0.3) is 0 Å². The van der Waals surface area contributed by atoms with E-state index < -0.39 is 23.0 Å². The van der Waals surface area contributed by atoms with E-state index in [1.165, 1.54) is 12.1 Å². The molecule has 0 radical (unpaired) electrons. The number of hydrogen-bond donors (Lipinski definition) is 0. The average Bonchev–Trinajstić information content (AvgIpc) is 2.43. The summed E-state index contributed by atoms with van der Waals surface area (Å²) in [6, 6.07) is 3.59. The van der Waals surface area contributed by atoms with E-state index in [9.17, 15) is 17.6 Å². The molecule has 0 heterocycles. The molecule has 0 aromatic heterocycles. The molecule has 0 fully saturated rings. The van der Waals surface area contributed by atoms with Gasteiger partial charge in [-0.1, -0.05) is 60.6 Å². The van der Waals surface area contributed by atoms with Crippen LogP contribution < -0.4 is 0 Å². The molecule has 1 unspecified atom stereocenters. The lowest BCUT2D eigenvalue weighted by atomic mass is 9.74. The van der Waals surface area contributed by atoms with Gasteiger partial charge in [-0.2, -0.15) is 13.2 Å². The van der Waals surface area contributed by atoms with Gasteiger partial charge in [-0.05, 0) is 53.6 Å². The average molecular weight is 360 g/mol. The maximum absolute atomic E-state index is 14.4. The Labute approximate surface area is 150 Å². The third-order valence-electron chi connectivity index (χ3n) is 5.53. The highest BCUT2D eigenvalue weighted by Crippen LogP contribution is 2.39. The zero-order valence-corrected chi connectivity index (χ0v) is 16.5. The summed E-state index contributed by atoms with van der Waals surface area (Å²) in [4.78, 5) is 0. The van der Waals surface area contributed by atoms with Gasteiger partial charge in [0.2, 0.25) is 0 Å². The summed E-state index contributed by atoms with van der Waals surface area (Å²) in [6.45, 7) is 14.7. The van der Waals surface area contributed by atoms with Crippen molar-refractivity contribution in [1.82, 2.24) is 0 Å². The monoisotopic (exact) mass is 360 g/mol. The molecule has 0 spiro atoms.